The van der Waals surface area contributed by atoms with Crippen molar-refractivity contribution < 1.29 is 4.79 Å². The van der Waals surface area contributed by atoms with Gasteiger partial charge in [0, 0.05) is 22.2 Å². The average Bonchev–Trinajstić information content (AvgIpc) is 3.23. The van der Waals surface area contributed by atoms with Crippen molar-refractivity contribution in [2.24, 2.45) is 5.41 Å². The third-order valence-corrected chi connectivity index (χ3v) is 7.69. The first-order valence-corrected chi connectivity index (χ1v) is 12.1. The Kier molecular flexibility index (Phi) is 5.15. The maximum absolute atomic E-state index is 14.3. The number of anilines is 1. The van der Waals surface area contributed by atoms with Crippen LogP contribution in [0, 0.1) is 28.1 Å². The summed E-state index contributed by atoms with van der Waals surface area (Å²) in [5.74, 6) is -0.815. The highest BCUT2D eigenvalue weighted by Gasteiger charge is 2.63. The van der Waals surface area contributed by atoms with Crippen LogP contribution in [0.4, 0.5) is 5.69 Å². The predicted octanol–water partition coefficient (Wildman–Crippen LogP) is 6.78. The van der Waals surface area contributed by atoms with Crippen LogP contribution in [0.15, 0.2) is 97.1 Å². The molecule has 0 amide bonds. The molecule has 6 rings (SSSR count). The molecule has 1 saturated heterocycles. The molecule has 0 aliphatic carbocycles. The molecule has 1 fully saturated rings. The van der Waals surface area contributed by atoms with E-state index >= 15 is 0 Å². The lowest BCUT2D eigenvalue weighted by Crippen LogP contribution is -2.44. The number of fused-ring (bicyclic) bond motifs is 4. The number of rotatable bonds is 3. The van der Waals surface area contributed by atoms with Crippen LogP contribution >= 0.6 is 11.6 Å². The maximum atomic E-state index is 14.3. The molecule has 4 nitrogen and oxygen atoms in total. The topological polar surface area (TPSA) is 67.9 Å². The predicted molar refractivity (Wildman–Crippen MR) is 142 cm³/mol. The Balaban J connectivity index is 1.68. The van der Waals surface area contributed by atoms with E-state index in [-0.39, 0.29) is 5.78 Å². The fourth-order valence-corrected chi connectivity index (χ4v) is 6.08. The highest BCUT2D eigenvalue weighted by molar-refractivity contribution is 6.30. The molecule has 0 spiro atoms. The molecule has 172 valence electrons. The Morgan fingerprint density at radius 2 is 1.61 bits per heavy atom. The number of hydrogen-bond donors (Lipinski definition) is 0. The largest absolute Gasteiger partial charge is 0.351 e. The van der Waals surface area contributed by atoms with E-state index in [9.17, 15) is 15.3 Å². The van der Waals surface area contributed by atoms with Gasteiger partial charge >= 0.3 is 0 Å². The summed E-state index contributed by atoms with van der Waals surface area (Å²) in [4.78, 5) is 16.3. The summed E-state index contributed by atoms with van der Waals surface area (Å²) in [5.41, 5.74) is 1.52. The van der Waals surface area contributed by atoms with Gasteiger partial charge in [0.15, 0.2) is 11.2 Å². The summed E-state index contributed by atoms with van der Waals surface area (Å²) < 4.78 is 0. The van der Waals surface area contributed by atoms with Gasteiger partial charge in [-0.25, -0.2) is 0 Å². The highest BCUT2D eigenvalue weighted by atomic mass is 35.5. The standard InChI is InChI=1S/C31H20ClN3O/c32-23-14-15-26-22(17-23)13-16-27-31(18-33,19-34)28(25-12-6-10-20-7-4-5-11-24(20)25)29(35(26)27)30(36)21-8-2-1-3-9-21/h1-17,27-29H/t27-,28+,29-/m0/s1. The molecule has 2 heterocycles. The second-order valence-electron chi connectivity index (χ2n) is 9.23. The van der Waals surface area contributed by atoms with Gasteiger partial charge in [0.2, 0.25) is 0 Å². The highest BCUT2D eigenvalue weighted by Crippen LogP contribution is 2.56. The number of Topliss-reactive ketones (excluding diaryl/α,β-unsaturated/α-hetero) is 1. The third kappa shape index (κ3) is 3.09. The summed E-state index contributed by atoms with van der Waals surface area (Å²) >= 11 is 6.29. The Labute approximate surface area is 214 Å². The molecule has 4 aromatic rings. The molecule has 2 aliphatic rings. The van der Waals surface area contributed by atoms with Gasteiger partial charge in [-0.2, -0.15) is 10.5 Å². The van der Waals surface area contributed by atoms with E-state index in [1.165, 1.54) is 0 Å². The number of ketones is 1. The number of carbonyl (C=O) groups is 1. The first-order chi connectivity index (χ1) is 17.6. The zero-order valence-corrected chi connectivity index (χ0v) is 19.9. The van der Waals surface area contributed by atoms with Gasteiger partial charge in [0.25, 0.3) is 0 Å². The van der Waals surface area contributed by atoms with Crippen molar-refractivity contribution in [3.8, 4) is 12.1 Å². The molecule has 36 heavy (non-hydrogen) atoms. The molecule has 0 N–H and O–H groups in total. The molecule has 3 atom stereocenters. The van der Waals surface area contributed by atoms with Crippen molar-refractivity contribution in [1.82, 2.24) is 0 Å². The van der Waals surface area contributed by atoms with Gasteiger partial charge in [-0.05, 0) is 40.1 Å². The Morgan fingerprint density at radius 3 is 2.39 bits per heavy atom. The fraction of sp³-hybridized carbons (Fsp3) is 0.129. The molecular formula is C31H20ClN3O. The van der Waals surface area contributed by atoms with E-state index in [2.05, 4.69) is 12.1 Å². The monoisotopic (exact) mass is 485 g/mol. The normalized spacial score (nSPS) is 21.3. The number of nitriles is 2. The summed E-state index contributed by atoms with van der Waals surface area (Å²) in [6, 6.07) is 31.8. The minimum absolute atomic E-state index is 0.123. The smallest absolute Gasteiger partial charge is 0.185 e. The SMILES string of the molecule is N#CC1(C#N)[C@H](c2cccc3ccccc23)[C@@H](C(=O)c2ccccc2)N2c3ccc(Cl)cc3C=C[C@H]21. The van der Waals surface area contributed by atoms with Crippen molar-refractivity contribution in [3.63, 3.8) is 0 Å². The number of hydrogen-bond acceptors (Lipinski definition) is 4. The lowest BCUT2D eigenvalue weighted by atomic mass is 9.68. The minimum Gasteiger partial charge on any atom is -0.351 e. The zero-order chi connectivity index (χ0) is 24.9. The fourth-order valence-electron chi connectivity index (χ4n) is 5.90. The lowest BCUT2D eigenvalue weighted by Gasteiger charge is -2.35. The molecule has 5 heteroatoms. The first kappa shape index (κ1) is 22.1. The number of carbonyl (C=O) groups excluding carboxylic acids is 1. The van der Waals surface area contributed by atoms with E-state index in [1.807, 2.05) is 89.8 Å². The summed E-state index contributed by atoms with van der Waals surface area (Å²) in [7, 11) is 0. The van der Waals surface area contributed by atoms with Crippen molar-refractivity contribution in [1.29, 1.82) is 10.5 Å². The first-order valence-electron chi connectivity index (χ1n) is 11.7. The zero-order valence-electron chi connectivity index (χ0n) is 19.2. The van der Waals surface area contributed by atoms with E-state index in [0.717, 1.165) is 27.6 Å². The molecule has 0 radical (unpaired) electrons. The Bertz CT molecular complexity index is 1610. The van der Waals surface area contributed by atoms with Crippen molar-refractivity contribution in [2.45, 2.75) is 18.0 Å². The van der Waals surface area contributed by atoms with Gasteiger partial charge in [0.05, 0.1) is 18.2 Å². The van der Waals surface area contributed by atoms with Crippen LogP contribution in [0.3, 0.4) is 0 Å². The Hall–Kier alpha value is -4.38. The van der Waals surface area contributed by atoms with E-state index in [4.69, 9.17) is 11.6 Å². The van der Waals surface area contributed by atoms with Crippen LogP contribution in [-0.2, 0) is 0 Å². The summed E-state index contributed by atoms with van der Waals surface area (Å²) in [5, 5.41) is 23.8. The molecule has 0 bridgehead atoms. The van der Waals surface area contributed by atoms with Gasteiger partial charge in [-0.1, -0.05) is 96.5 Å². The van der Waals surface area contributed by atoms with Crippen LogP contribution in [0.2, 0.25) is 5.02 Å². The number of benzene rings is 4. The average molecular weight is 486 g/mol. The second-order valence-corrected chi connectivity index (χ2v) is 9.66. The molecule has 0 unspecified atom stereocenters. The summed E-state index contributed by atoms with van der Waals surface area (Å²) in [6.45, 7) is 0. The maximum Gasteiger partial charge on any atom is 0.185 e. The van der Waals surface area contributed by atoms with E-state index < -0.39 is 23.4 Å². The molecule has 0 saturated carbocycles. The quantitative estimate of drug-likeness (QED) is 0.300. The van der Waals surface area contributed by atoms with Gasteiger partial charge in [-0.15, -0.1) is 0 Å². The minimum atomic E-state index is -1.49. The van der Waals surface area contributed by atoms with Crippen LogP contribution < -0.4 is 4.90 Å². The second kappa shape index (κ2) is 8.38. The van der Waals surface area contributed by atoms with Crippen LogP contribution in [0.5, 0.6) is 0 Å². The van der Waals surface area contributed by atoms with Crippen LogP contribution in [0.25, 0.3) is 16.8 Å². The van der Waals surface area contributed by atoms with Gasteiger partial charge in [0.1, 0.15) is 6.04 Å². The lowest BCUT2D eigenvalue weighted by molar-refractivity contribution is 0.0951. The third-order valence-electron chi connectivity index (χ3n) is 7.45. The molecule has 0 aromatic heterocycles. The van der Waals surface area contributed by atoms with Crippen molar-refractivity contribution in [2.75, 3.05) is 4.90 Å². The van der Waals surface area contributed by atoms with Gasteiger partial charge in [-0.3, -0.25) is 4.79 Å². The summed E-state index contributed by atoms with van der Waals surface area (Å²) in [6.07, 6.45) is 3.78. The van der Waals surface area contributed by atoms with Crippen molar-refractivity contribution >= 4 is 39.9 Å². The van der Waals surface area contributed by atoms with E-state index in [1.54, 1.807) is 18.2 Å². The number of halogens is 1. The molecule has 2 aliphatic heterocycles. The number of nitrogens with zero attached hydrogens (tertiary/aromatic N) is 3. The molecule has 4 aromatic carbocycles. The molecular weight excluding hydrogens is 466 g/mol. The van der Waals surface area contributed by atoms with E-state index in [0.29, 0.717) is 10.6 Å². The van der Waals surface area contributed by atoms with Crippen LogP contribution in [0.1, 0.15) is 27.4 Å². The van der Waals surface area contributed by atoms with Crippen LogP contribution in [-0.4, -0.2) is 17.9 Å². The van der Waals surface area contributed by atoms with Crippen molar-refractivity contribution in [3.05, 3.63) is 119 Å². The van der Waals surface area contributed by atoms with Gasteiger partial charge < -0.3 is 4.90 Å². The Morgan fingerprint density at radius 1 is 0.889 bits per heavy atom.